The van der Waals surface area contributed by atoms with Crippen molar-refractivity contribution in [3.05, 3.63) is 58.8 Å². The Bertz CT molecular complexity index is 567. The fourth-order valence-electron chi connectivity index (χ4n) is 1.71. The molecule has 1 aromatic carbocycles. The predicted octanol–water partition coefficient (Wildman–Crippen LogP) is 3.59. The van der Waals surface area contributed by atoms with E-state index in [1.165, 1.54) is 4.57 Å². The Morgan fingerprint density at radius 1 is 1.28 bits per heavy atom. The lowest BCUT2D eigenvalue weighted by molar-refractivity contribution is 0.0899. The van der Waals surface area contributed by atoms with E-state index in [1.807, 2.05) is 24.3 Å². The molecule has 4 heteroatoms. The first-order chi connectivity index (χ1) is 8.70. The fraction of sp³-hybridized carbons (Fsp3) is 0.143. The maximum Gasteiger partial charge on any atom is 0.232 e. The third kappa shape index (κ3) is 2.88. The van der Waals surface area contributed by atoms with Gasteiger partial charge in [0.25, 0.3) is 0 Å². The second-order valence-electron chi connectivity index (χ2n) is 3.92. The summed E-state index contributed by atoms with van der Waals surface area (Å²) < 4.78 is 2.46. The molecule has 1 heterocycles. The molecule has 0 amide bonds. The Labute approximate surface area is 114 Å². The van der Waals surface area contributed by atoms with Gasteiger partial charge < -0.3 is 0 Å². The van der Waals surface area contributed by atoms with E-state index in [4.69, 9.17) is 0 Å². The van der Waals surface area contributed by atoms with Crippen LogP contribution in [0.1, 0.15) is 22.7 Å². The van der Waals surface area contributed by atoms with Gasteiger partial charge in [0, 0.05) is 23.3 Å². The predicted molar refractivity (Wildman–Crippen MR) is 72.2 cm³/mol. The van der Waals surface area contributed by atoms with Gasteiger partial charge in [-0.05, 0) is 29.8 Å². The van der Waals surface area contributed by atoms with E-state index in [0.29, 0.717) is 0 Å². The molecule has 0 N–H and O–H groups in total. The van der Waals surface area contributed by atoms with Gasteiger partial charge in [-0.2, -0.15) is 5.26 Å². The van der Waals surface area contributed by atoms with Crippen LogP contribution in [0.5, 0.6) is 0 Å². The summed E-state index contributed by atoms with van der Waals surface area (Å²) in [5, 5.41) is 9.17. The van der Waals surface area contributed by atoms with Crippen LogP contribution in [0, 0.1) is 11.3 Å². The van der Waals surface area contributed by atoms with Gasteiger partial charge in [-0.25, -0.2) is 0 Å². The summed E-state index contributed by atoms with van der Waals surface area (Å²) in [5.74, 6) is -0.484. The van der Waals surface area contributed by atoms with E-state index in [2.05, 4.69) is 22.0 Å². The van der Waals surface area contributed by atoms with Crippen molar-refractivity contribution in [3.63, 3.8) is 0 Å². The Kier molecular flexibility index (Phi) is 3.96. The van der Waals surface area contributed by atoms with Gasteiger partial charge in [0.2, 0.25) is 5.91 Å². The number of hydrogen-bond acceptors (Lipinski definition) is 2. The molecule has 0 aliphatic heterocycles. The second-order valence-corrected chi connectivity index (χ2v) is 4.84. The first-order valence-electron chi connectivity index (χ1n) is 5.52. The standard InChI is InChI=1S/C14H11BrN2O/c15-13-5-3-11(4-6-13)12(10-16)9-14(18)17-7-1-2-8-17/h1-8,12H,9H2/t12-/m1/s1. The minimum atomic E-state index is -0.409. The van der Waals surface area contributed by atoms with Gasteiger partial charge in [0.15, 0.2) is 0 Å². The average molecular weight is 303 g/mol. The van der Waals surface area contributed by atoms with E-state index < -0.39 is 5.92 Å². The second kappa shape index (κ2) is 5.65. The number of rotatable bonds is 3. The molecule has 2 aromatic rings. The SMILES string of the molecule is N#C[C@@H](CC(=O)n1cccc1)c1ccc(Br)cc1. The molecule has 0 fully saturated rings. The van der Waals surface area contributed by atoms with Crippen molar-refractivity contribution in [1.82, 2.24) is 4.57 Å². The molecule has 3 nitrogen and oxygen atoms in total. The fourth-order valence-corrected chi connectivity index (χ4v) is 1.98. The third-order valence-electron chi connectivity index (χ3n) is 2.70. The Morgan fingerprint density at radius 2 is 1.89 bits per heavy atom. The van der Waals surface area contributed by atoms with E-state index in [-0.39, 0.29) is 12.3 Å². The van der Waals surface area contributed by atoms with Crippen LogP contribution in [0.15, 0.2) is 53.3 Å². The van der Waals surface area contributed by atoms with E-state index in [0.717, 1.165) is 10.0 Å². The molecular formula is C14H11BrN2O. The highest BCUT2D eigenvalue weighted by atomic mass is 79.9. The van der Waals surface area contributed by atoms with Crippen molar-refractivity contribution in [1.29, 1.82) is 5.26 Å². The number of carbonyl (C=O) groups excluding carboxylic acids is 1. The van der Waals surface area contributed by atoms with Crippen molar-refractivity contribution in [3.8, 4) is 6.07 Å². The van der Waals surface area contributed by atoms with Gasteiger partial charge >= 0.3 is 0 Å². The zero-order valence-corrected chi connectivity index (χ0v) is 11.2. The molecule has 1 atom stereocenters. The molecule has 2 rings (SSSR count). The summed E-state index contributed by atoms with van der Waals surface area (Å²) in [5.41, 5.74) is 0.862. The summed E-state index contributed by atoms with van der Waals surface area (Å²) in [6.45, 7) is 0. The van der Waals surface area contributed by atoms with E-state index >= 15 is 0 Å². The normalized spacial score (nSPS) is 11.8. The van der Waals surface area contributed by atoms with Gasteiger partial charge in [0.1, 0.15) is 0 Å². The van der Waals surface area contributed by atoms with Crippen LogP contribution in [-0.4, -0.2) is 10.5 Å². The zero-order chi connectivity index (χ0) is 13.0. The molecule has 0 saturated carbocycles. The summed E-state index contributed by atoms with van der Waals surface area (Å²) in [6.07, 6.45) is 3.57. The van der Waals surface area contributed by atoms with E-state index in [1.54, 1.807) is 24.5 Å². The lowest BCUT2D eigenvalue weighted by atomic mass is 9.97. The van der Waals surface area contributed by atoms with Crippen LogP contribution in [0.4, 0.5) is 0 Å². The Morgan fingerprint density at radius 3 is 2.44 bits per heavy atom. The molecule has 1 aromatic heterocycles. The van der Waals surface area contributed by atoms with Gasteiger partial charge in [-0.3, -0.25) is 9.36 Å². The molecular weight excluding hydrogens is 292 g/mol. The average Bonchev–Trinajstić information content (AvgIpc) is 2.91. The van der Waals surface area contributed by atoms with Crippen molar-refractivity contribution < 1.29 is 4.79 Å². The molecule has 0 unspecified atom stereocenters. The zero-order valence-electron chi connectivity index (χ0n) is 9.58. The Balaban J connectivity index is 2.13. The molecule has 0 radical (unpaired) electrons. The highest BCUT2D eigenvalue weighted by Gasteiger charge is 2.16. The maximum atomic E-state index is 11.9. The van der Waals surface area contributed by atoms with Crippen molar-refractivity contribution >= 4 is 21.8 Å². The number of halogens is 1. The molecule has 0 spiro atoms. The minimum Gasteiger partial charge on any atom is -0.295 e. The molecule has 18 heavy (non-hydrogen) atoms. The highest BCUT2D eigenvalue weighted by Crippen LogP contribution is 2.21. The third-order valence-corrected chi connectivity index (χ3v) is 3.23. The van der Waals surface area contributed by atoms with Gasteiger partial charge in [-0.15, -0.1) is 0 Å². The quantitative estimate of drug-likeness (QED) is 0.870. The van der Waals surface area contributed by atoms with E-state index in [9.17, 15) is 10.1 Å². The lowest BCUT2D eigenvalue weighted by Gasteiger charge is -2.09. The summed E-state index contributed by atoms with van der Waals surface area (Å²) >= 11 is 3.34. The Hall–Kier alpha value is -1.86. The number of nitrogens with zero attached hydrogens (tertiary/aromatic N) is 2. The number of carbonyl (C=O) groups is 1. The molecule has 0 aliphatic carbocycles. The first kappa shape index (κ1) is 12.6. The van der Waals surface area contributed by atoms with Gasteiger partial charge in [-0.1, -0.05) is 28.1 Å². The van der Waals surface area contributed by atoms with Crippen LogP contribution < -0.4 is 0 Å². The summed E-state index contributed by atoms with van der Waals surface area (Å²) in [7, 11) is 0. The molecule has 0 bridgehead atoms. The molecule has 90 valence electrons. The van der Waals surface area contributed by atoms with Crippen LogP contribution in [-0.2, 0) is 0 Å². The number of aromatic nitrogens is 1. The highest BCUT2D eigenvalue weighted by molar-refractivity contribution is 9.10. The minimum absolute atomic E-state index is 0.0746. The number of nitriles is 1. The number of hydrogen-bond donors (Lipinski definition) is 0. The van der Waals surface area contributed by atoms with Crippen LogP contribution >= 0.6 is 15.9 Å². The van der Waals surface area contributed by atoms with Crippen LogP contribution in [0.3, 0.4) is 0 Å². The smallest absolute Gasteiger partial charge is 0.232 e. The topological polar surface area (TPSA) is 45.8 Å². The van der Waals surface area contributed by atoms with Crippen molar-refractivity contribution in [2.24, 2.45) is 0 Å². The molecule has 0 aliphatic rings. The van der Waals surface area contributed by atoms with Gasteiger partial charge in [0.05, 0.1) is 12.0 Å². The largest absolute Gasteiger partial charge is 0.295 e. The summed E-state index contributed by atoms with van der Waals surface area (Å²) in [4.78, 5) is 11.9. The van der Waals surface area contributed by atoms with Crippen LogP contribution in [0.2, 0.25) is 0 Å². The first-order valence-corrected chi connectivity index (χ1v) is 6.31. The lowest BCUT2D eigenvalue weighted by Crippen LogP contribution is -2.12. The van der Waals surface area contributed by atoms with Crippen molar-refractivity contribution in [2.45, 2.75) is 12.3 Å². The maximum absolute atomic E-state index is 11.9. The molecule has 0 saturated heterocycles. The number of benzene rings is 1. The monoisotopic (exact) mass is 302 g/mol. The van der Waals surface area contributed by atoms with Crippen LogP contribution in [0.25, 0.3) is 0 Å². The van der Waals surface area contributed by atoms with Crippen molar-refractivity contribution in [2.75, 3.05) is 0 Å². The summed E-state index contributed by atoms with van der Waals surface area (Å²) in [6, 6.07) is 13.2.